The van der Waals surface area contributed by atoms with Crippen LogP contribution in [0.5, 0.6) is 0 Å². The number of rotatable bonds is 1. The van der Waals surface area contributed by atoms with E-state index < -0.39 is 0 Å². The van der Waals surface area contributed by atoms with E-state index in [1.54, 1.807) is 11.3 Å². The molecule has 1 atom stereocenters. The minimum absolute atomic E-state index is 0.332. The van der Waals surface area contributed by atoms with Crippen molar-refractivity contribution < 1.29 is 4.74 Å². The molecule has 0 saturated carbocycles. The standard InChI is InChI=1S/C18H31NO/c1-13(2)14-6-7-16-15(9-17(3,4)8-14)10-18(19(16)5)11-20-12-18/h13-14H,6-12H2,1-5H3. The van der Waals surface area contributed by atoms with Crippen molar-refractivity contribution in [3.05, 3.63) is 11.3 Å². The van der Waals surface area contributed by atoms with E-state index in [0.29, 0.717) is 11.0 Å². The maximum atomic E-state index is 5.54. The molecule has 3 rings (SSSR count). The Balaban J connectivity index is 1.85. The molecule has 114 valence electrons. The summed E-state index contributed by atoms with van der Waals surface area (Å²) >= 11 is 0. The highest BCUT2D eigenvalue weighted by molar-refractivity contribution is 5.29. The maximum Gasteiger partial charge on any atom is 0.0898 e. The minimum Gasteiger partial charge on any atom is -0.376 e. The van der Waals surface area contributed by atoms with Crippen LogP contribution in [0.1, 0.15) is 59.8 Å². The van der Waals surface area contributed by atoms with Crippen LogP contribution in [0.15, 0.2) is 11.3 Å². The van der Waals surface area contributed by atoms with Crippen molar-refractivity contribution >= 4 is 0 Å². The molecular formula is C18H31NO. The third kappa shape index (κ3) is 2.30. The topological polar surface area (TPSA) is 12.5 Å². The highest BCUT2D eigenvalue weighted by atomic mass is 16.5. The van der Waals surface area contributed by atoms with Crippen molar-refractivity contribution in [3.8, 4) is 0 Å². The van der Waals surface area contributed by atoms with Crippen LogP contribution in [0, 0.1) is 17.3 Å². The van der Waals surface area contributed by atoms with Gasteiger partial charge in [0, 0.05) is 12.7 Å². The van der Waals surface area contributed by atoms with Crippen LogP contribution >= 0.6 is 0 Å². The van der Waals surface area contributed by atoms with Crippen molar-refractivity contribution in [2.45, 2.75) is 65.3 Å². The predicted molar refractivity (Wildman–Crippen MR) is 83.5 cm³/mol. The number of likely N-dealkylation sites (N-methyl/N-ethyl adjacent to an activating group) is 1. The molecule has 2 heterocycles. The minimum atomic E-state index is 0.332. The van der Waals surface area contributed by atoms with Crippen LogP contribution in [0.4, 0.5) is 0 Å². The molecule has 1 spiro atoms. The van der Waals surface area contributed by atoms with E-state index >= 15 is 0 Å². The van der Waals surface area contributed by atoms with E-state index in [4.69, 9.17) is 4.74 Å². The van der Waals surface area contributed by atoms with Crippen molar-refractivity contribution in [2.75, 3.05) is 20.3 Å². The van der Waals surface area contributed by atoms with Gasteiger partial charge < -0.3 is 9.64 Å². The summed E-state index contributed by atoms with van der Waals surface area (Å²) in [6.45, 7) is 11.6. The molecule has 0 bridgehead atoms. The summed E-state index contributed by atoms with van der Waals surface area (Å²) in [6.07, 6.45) is 6.58. The second-order valence-electron chi connectivity index (χ2n) is 8.59. The van der Waals surface area contributed by atoms with Gasteiger partial charge in [-0.05, 0) is 54.9 Å². The second-order valence-corrected chi connectivity index (χ2v) is 8.59. The van der Waals surface area contributed by atoms with Crippen molar-refractivity contribution in [1.29, 1.82) is 0 Å². The predicted octanol–water partition coefficient (Wildman–Crippen LogP) is 4.22. The lowest BCUT2D eigenvalue weighted by atomic mass is 9.71. The first kappa shape index (κ1) is 14.4. The lowest BCUT2D eigenvalue weighted by Gasteiger charge is -2.46. The molecule has 0 N–H and O–H groups in total. The quantitative estimate of drug-likeness (QED) is 0.711. The van der Waals surface area contributed by atoms with Crippen LogP contribution in [0.3, 0.4) is 0 Å². The van der Waals surface area contributed by atoms with Gasteiger partial charge in [0.2, 0.25) is 0 Å². The number of hydrogen-bond donors (Lipinski definition) is 0. The Morgan fingerprint density at radius 2 is 1.90 bits per heavy atom. The van der Waals surface area contributed by atoms with Gasteiger partial charge in [-0.2, -0.15) is 0 Å². The van der Waals surface area contributed by atoms with E-state index in [1.807, 2.05) is 0 Å². The molecule has 0 amide bonds. The fourth-order valence-electron chi connectivity index (χ4n) is 4.64. The zero-order valence-electron chi connectivity index (χ0n) is 14.0. The molecule has 20 heavy (non-hydrogen) atoms. The molecule has 1 fully saturated rings. The van der Waals surface area contributed by atoms with Gasteiger partial charge in [-0.1, -0.05) is 27.7 Å². The molecule has 1 aliphatic carbocycles. The zero-order chi connectivity index (χ0) is 14.5. The molecule has 0 aromatic rings. The molecule has 3 aliphatic rings. The lowest BCUT2D eigenvalue weighted by molar-refractivity contribution is -0.113. The Morgan fingerprint density at radius 3 is 2.45 bits per heavy atom. The smallest absolute Gasteiger partial charge is 0.0898 e. The van der Waals surface area contributed by atoms with E-state index in [1.165, 1.54) is 32.1 Å². The van der Waals surface area contributed by atoms with Gasteiger partial charge in [0.25, 0.3) is 0 Å². The summed E-state index contributed by atoms with van der Waals surface area (Å²) in [5.41, 5.74) is 4.18. The van der Waals surface area contributed by atoms with Crippen LogP contribution in [0.25, 0.3) is 0 Å². The zero-order valence-corrected chi connectivity index (χ0v) is 14.0. The largest absolute Gasteiger partial charge is 0.376 e. The summed E-state index contributed by atoms with van der Waals surface area (Å²) < 4.78 is 5.54. The fraction of sp³-hybridized carbons (Fsp3) is 0.889. The van der Waals surface area contributed by atoms with E-state index in [0.717, 1.165) is 25.0 Å². The number of ether oxygens (including phenoxy) is 1. The highest BCUT2D eigenvalue weighted by Crippen LogP contribution is 2.50. The summed E-state index contributed by atoms with van der Waals surface area (Å²) in [5, 5.41) is 0. The first-order valence-electron chi connectivity index (χ1n) is 8.35. The van der Waals surface area contributed by atoms with Crippen molar-refractivity contribution in [3.63, 3.8) is 0 Å². The first-order chi connectivity index (χ1) is 9.33. The molecule has 0 aromatic heterocycles. The van der Waals surface area contributed by atoms with Gasteiger partial charge in [0.1, 0.15) is 0 Å². The molecule has 2 nitrogen and oxygen atoms in total. The molecule has 1 unspecified atom stereocenters. The third-order valence-electron chi connectivity index (χ3n) is 6.01. The van der Waals surface area contributed by atoms with Crippen LogP contribution < -0.4 is 0 Å². The van der Waals surface area contributed by atoms with E-state index in [9.17, 15) is 0 Å². The summed E-state index contributed by atoms with van der Waals surface area (Å²) in [4.78, 5) is 2.59. The number of hydrogen-bond acceptors (Lipinski definition) is 2. The summed E-state index contributed by atoms with van der Waals surface area (Å²) in [6, 6.07) is 0. The van der Waals surface area contributed by atoms with Crippen molar-refractivity contribution in [1.82, 2.24) is 4.90 Å². The molecule has 2 heteroatoms. The molecule has 0 aromatic carbocycles. The van der Waals surface area contributed by atoms with E-state index in [2.05, 4.69) is 39.6 Å². The van der Waals surface area contributed by atoms with Crippen LogP contribution in [-0.4, -0.2) is 30.7 Å². The van der Waals surface area contributed by atoms with Gasteiger partial charge >= 0.3 is 0 Å². The number of allylic oxidation sites excluding steroid dienone is 1. The number of nitrogens with zero attached hydrogens (tertiary/aromatic N) is 1. The highest BCUT2D eigenvalue weighted by Gasteiger charge is 2.49. The van der Waals surface area contributed by atoms with Crippen LogP contribution in [0.2, 0.25) is 0 Å². The third-order valence-corrected chi connectivity index (χ3v) is 6.01. The normalized spacial score (nSPS) is 32.1. The van der Waals surface area contributed by atoms with Gasteiger partial charge in [0.15, 0.2) is 0 Å². The molecule has 1 saturated heterocycles. The second kappa shape index (κ2) is 4.76. The maximum absolute atomic E-state index is 5.54. The monoisotopic (exact) mass is 277 g/mol. The van der Waals surface area contributed by atoms with Crippen LogP contribution in [-0.2, 0) is 4.74 Å². The fourth-order valence-corrected chi connectivity index (χ4v) is 4.64. The average molecular weight is 277 g/mol. The van der Waals surface area contributed by atoms with Crippen molar-refractivity contribution in [2.24, 2.45) is 17.3 Å². The molecule has 0 radical (unpaired) electrons. The Bertz CT molecular complexity index is 417. The van der Waals surface area contributed by atoms with E-state index in [-0.39, 0.29) is 0 Å². The summed E-state index contributed by atoms with van der Waals surface area (Å²) in [5.74, 6) is 1.69. The first-order valence-corrected chi connectivity index (χ1v) is 8.35. The van der Waals surface area contributed by atoms with Gasteiger partial charge in [-0.3, -0.25) is 0 Å². The van der Waals surface area contributed by atoms with Gasteiger partial charge in [-0.15, -0.1) is 0 Å². The Morgan fingerprint density at radius 1 is 1.20 bits per heavy atom. The summed E-state index contributed by atoms with van der Waals surface area (Å²) in [7, 11) is 2.31. The van der Waals surface area contributed by atoms with Gasteiger partial charge in [0.05, 0.1) is 18.8 Å². The Kier molecular flexibility index (Phi) is 3.44. The SMILES string of the molecule is CC(C)C1CCC2=C(CC(C)(C)C1)CC1(COC1)N2C. The Hall–Kier alpha value is -0.500. The van der Waals surface area contributed by atoms with Gasteiger partial charge in [-0.25, -0.2) is 0 Å². The molecular weight excluding hydrogens is 246 g/mol. The molecule has 2 aliphatic heterocycles. The average Bonchev–Trinajstić information content (AvgIpc) is 2.54. The Labute approximate surface area is 124 Å². The lowest BCUT2D eigenvalue weighted by Crippen LogP contribution is -2.57.